The zero-order valence-corrected chi connectivity index (χ0v) is 17.7. The van der Waals surface area contributed by atoms with E-state index in [1.54, 1.807) is 0 Å². The zero-order valence-electron chi connectivity index (χ0n) is 16.9. The first-order valence-corrected chi connectivity index (χ1v) is 12.0. The fourth-order valence-electron chi connectivity index (χ4n) is 3.78. The topological polar surface area (TPSA) is 126 Å². The Kier molecular flexibility index (Phi) is 6.67. The number of rotatable bonds is 9. The molecule has 11 nitrogen and oxygen atoms in total. The van der Waals surface area contributed by atoms with Crippen LogP contribution in [0.15, 0.2) is 6.07 Å². The van der Waals surface area contributed by atoms with Gasteiger partial charge in [-0.2, -0.15) is 23.3 Å². The molecule has 2 aliphatic rings. The third-order valence-electron chi connectivity index (χ3n) is 5.25. The summed E-state index contributed by atoms with van der Waals surface area (Å²) in [6, 6.07) is 1.29. The molecule has 31 heavy (non-hydrogen) atoms. The van der Waals surface area contributed by atoms with Crippen LogP contribution in [0.5, 0.6) is 5.88 Å². The van der Waals surface area contributed by atoms with Crippen molar-refractivity contribution in [3.05, 3.63) is 6.07 Å². The molecule has 172 valence electrons. The fourth-order valence-corrected chi connectivity index (χ4v) is 5.01. The lowest BCUT2D eigenvalue weighted by atomic mass is 10.3. The summed E-state index contributed by atoms with van der Waals surface area (Å²) < 4.78 is 58.3. The van der Waals surface area contributed by atoms with Crippen molar-refractivity contribution in [2.75, 3.05) is 48.7 Å². The summed E-state index contributed by atoms with van der Waals surface area (Å²) in [5.74, 6) is 0.172. The van der Waals surface area contributed by atoms with Crippen LogP contribution in [0.25, 0.3) is 5.65 Å². The molecule has 2 fully saturated rings. The average molecular weight is 461 g/mol. The zero-order chi connectivity index (χ0) is 21.8. The predicted octanol–water partition coefficient (Wildman–Crippen LogP) is 0.409. The molecule has 0 unspecified atom stereocenters. The Hall–Kier alpha value is -2.32. The van der Waals surface area contributed by atoms with Crippen molar-refractivity contribution in [2.24, 2.45) is 0 Å². The van der Waals surface area contributed by atoms with Gasteiger partial charge < -0.3 is 20.3 Å². The van der Waals surface area contributed by atoms with E-state index in [1.165, 1.54) is 10.6 Å². The number of hydrogen-bond acceptors (Lipinski definition) is 9. The van der Waals surface area contributed by atoms with Gasteiger partial charge in [-0.15, -0.1) is 5.10 Å². The van der Waals surface area contributed by atoms with Gasteiger partial charge in [-0.3, -0.25) is 0 Å². The maximum atomic E-state index is 12.6. The number of nitrogens with zero attached hydrogens (tertiary/aromatic N) is 5. The van der Waals surface area contributed by atoms with Gasteiger partial charge in [0.25, 0.3) is 0 Å². The van der Waals surface area contributed by atoms with Gasteiger partial charge in [0.2, 0.25) is 27.8 Å². The molecule has 4 rings (SSSR count). The Labute approximate surface area is 178 Å². The predicted molar refractivity (Wildman–Crippen MR) is 110 cm³/mol. The average Bonchev–Trinajstić information content (AvgIpc) is 3.36. The summed E-state index contributed by atoms with van der Waals surface area (Å²) in [6.45, 7) is -0.0510. The second-order valence-corrected chi connectivity index (χ2v) is 9.43. The number of halogens is 2. The van der Waals surface area contributed by atoms with Crippen LogP contribution < -0.4 is 25.0 Å². The Balaban J connectivity index is 1.51. The molecular formula is C17H26F2N8O3S. The van der Waals surface area contributed by atoms with Crippen molar-refractivity contribution in [3.63, 3.8) is 0 Å². The number of aromatic nitrogens is 4. The fraction of sp³-hybridized carbons (Fsp3) is 0.706. The van der Waals surface area contributed by atoms with E-state index in [-0.39, 0.29) is 35.8 Å². The van der Waals surface area contributed by atoms with E-state index in [9.17, 15) is 17.2 Å². The van der Waals surface area contributed by atoms with E-state index < -0.39 is 16.6 Å². The van der Waals surface area contributed by atoms with Gasteiger partial charge in [0.05, 0.1) is 5.75 Å². The highest BCUT2D eigenvalue weighted by atomic mass is 32.2. The maximum Gasteiger partial charge on any atom is 0.388 e. The Morgan fingerprint density at radius 2 is 1.97 bits per heavy atom. The first-order valence-electron chi connectivity index (χ1n) is 10.3. The lowest BCUT2D eigenvalue weighted by molar-refractivity contribution is -0.0529. The van der Waals surface area contributed by atoms with E-state index in [0.717, 1.165) is 38.8 Å². The second-order valence-electron chi connectivity index (χ2n) is 7.56. The molecule has 1 aliphatic heterocycles. The van der Waals surface area contributed by atoms with E-state index in [1.807, 2.05) is 4.90 Å². The van der Waals surface area contributed by atoms with Crippen LogP contribution in [-0.2, 0) is 10.0 Å². The Bertz CT molecular complexity index is 991. The van der Waals surface area contributed by atoms with Crippen LogP contribution in [0.4, 0.5) is 20.7 Å². The normalized spacial score (nSPS) is 18.2. The number of alkyl halides is 2. The number of nitrogens with one attached hydrogen (secondary N) is 3. The van der Waals surface area contributed by atoms with Gasteiger partial charge in [-0.25, -0.2) is 13.1 Å². The minimum atomic E-state index is -3.46. The van der Waals surface area contributed by atoms with Gasteiger partial charge in [0.1, 0.15) is 0 Å². The van der Waals surface area contributed by atoms with Gasteiger partial charge in [-0.1, -0.05) is 12.8 Å². The maximum absolute atomic E-state index is 12.6. The van der Waals surface area contributed by atoms with Crippen LogP contribution in [0.1, 0.15) is 25.7 Å². The largest absolute Gasteiger partial charge is 0.415 e. The minimum absolute atomic E-state index is 0.00441. The van der Waals surface area contributed by atoms with Crippen molar-refractivity contribution in [3.8, 4) is 5.88 Å². The molecule has 3 heterocycles. The Morgan fingerprint density at radius 1 is 1.23 bits per heavy atom. The van der Waals surface area contributed by atoms with Crippen molar-refractivity contribution in [1.82, 2.24) is 29.6 Å². The third-order valence-corrected chi connectivity index (χ3v) is 6.69. The highest BCUT2D eigenvalue weighted by Gasteiger charge is 2.22. The molecular weight excluding hydrogens is 434 g/mol. The van der Waals surface area contributed by atoms with Gasteiger partial charge in [0.15, 0.2) is 5.65 Å². The molecule has 2 aromatic heterocycles. The SMILES string of the molecule is O=S(=O)(CCNc1nc(N2CCNCC2)nc2cc(OC(F)F)nn12)NC1CCCC1. The molecule has 0 bridgehead atoms. The molecule has 0 radical (unpaired) electrons. The van der Waals surface area contributed by atoms with Gasteiger partial charge in [0, 0.05) is 44.8 Å². The second kappa shape index (κ2) is 9.44. The highest BCUT2D eigenvalue weighted by molar-refractivity contribution is 7.89. The summed E-state index contributed by atoms with van der Waals surface area (Å²) in [7, 11) is -3.46. The summed E-state index contributed by atoms with van der Waals surface area (Å²) in [5, 5.41) is 10.2. The van der Waals surface area contributed by atoms with Crippen LogP contribution in [0.2, 0.25) is 0 Å². The van der Waals surface area contributed by atoms with Crippen molar-refractivity contribution in [1.29, 1.82) is 0 Å². The molecule has 0 aromatic carbocycles. The van der Waals surface area contributed by atoms with E-state index in [4.69, 9.17) is 0 Å². The molecule has 0 spiro atoms. The summed E-state index contributed by atoms with van der Waals surface area (Å²) >= 11 is 0. The molecule has 3 N–H and O–H groups in total. The standard InChI is InChI=1S/C17H26F2N8O3S/c18-15(19)30-14-11-13-22-17(26-8-5-20-6-9-26)23-16(27(13)24-14)21-7-10-31(28,29)25-12-3-1-2-4-12/h11-12,15,20,25H,1-10H2,(H,21,22,23). The van der Waals surface area contributed by atoms with Crippen molar-refractivity contribution >= 4 is 27.6 Å². The first-order chi connectivity index (χ1) is 14.9. The number of hydrogen-bond donors (Lipinski definition) is 3. The molecule has 1 aliphatic carbocycles. The summed E-state index contributed by atoms with van der Waals surface area (Å²) in [5.41, 5.74) is 0.272. The van der Waals surface area contributed by atoms with Crippen LogP contribution in [-0.4, -0.2) is 79.1 Å². The van der Waals surface area contributed by atoms with Crippen LogP contribution in [0, 0.1) is 0 Å². The van der Waals surface area contributed by atoms with E-state index in [2.05, 4.69) is 35.2 Å². The highest BCUT2D eigenvalue weighted by Crippen LogP contribution is 2.21. The number of sulfonamides is 1. The summed E-state index contributed by atoms with van der Waals surface area (Å²) in [6.07, 6.45) is 3.77. The number of piperazine rings is 1. The number of fused-ring (bicyclic) bond motifs is 1. The first kappa shape index (κ1) is 21.9. The smallest absolute Gasteiger partial charge is 0.388 e. The van der Waals surface area contributed by atoms with E-state index in [0.29, 0.717) is 19.0 Å². The number of anilines is 2. The molecule has 14 heteroatoms. The molecule has 0 atom stereocenters. The van der Waals surface area contributed by atoms with Crippen LogP contribution >= 0.6 is 0 Å². The van der Waals surface area contributed by atoms with Crippen LogP contribution in [0.3, 0.4) is 0 Å². The lowest BCUT2D eigenvalue weighted by Crippen LogP contribution is -2.44. The van der Waals surface area contributed by atoms with Gasteiger partial charge in [-0.05, 0) is 12.8 Å². The molecule has 0 amide bonds. The van der Waals surface area contributed by atoms with Crippen molar-refractivity contribution < 1.29 is 21.9 Å². The minimum Gasteiger partial charge on any atom is -0.415 e. The third kappa shape index (κ3) is 5.68. The summed E-state index contributed by atoms with van der Waals surface area (Å²) in [4.78, 5) is 10.8. The Morgan fingerprint density at radius 3 is 2.68 bits per heavy atom. The molecule has 1 saturated heterocycles. The quantitative estimate of drug-likeness (QED) is 0.488. The van der Waals surface area contributed by atoms with Gasteiger partial charge >= 0.3 is 6.61 Å². The molecule has 1 saturated carbocycles. The number of ether oxygens (including phenoxy) is 1. The monoisotopic (exact) mass is 460 g/mol. The van der Waals surface area contributed by atoms with E-state index >= 15 is 0 Å². The molecule has 2 aromatic rings. The van der Waals surface area contributed by atoms with Crippen molar-refractivity contribution in [2.45, 2.75) is 38.3 Å². The lowest BCUT2D eigenvalue weighted by Gasteiger charge is -2.27.